The van der Waals surface area contributed by atoms with Crippen molar-refractivity contribution < 1.29 is 4.79 Å². The molecule has 18 heavy (non-hydrogen) atoms. The average molecular weight is 247 g/mol. The fraction of sp³-hybridized carbons (Fsp3) is 0.571. The maximum atomic E-state index is 12.1. The Bertz CT molecular complexity index is 372. The van der Waals surface area contributed by atoms with Gasteiger partial charge in [-0.05, 0) is 37.9 Å². The molecule has 0 saturated carbocycles. The van der Waals surface area contributed by atoms with E-state index >= 15 is 0 Å². The minimum absolute atomic E-state index is 0.0104. The third kappa shape index (κ3) is 3.53. The van der Waals surface area contributed by atoms with Gasteiger partial charge in [0.1, 0.15) is 0 Å². The molecule has 0 aliphatic carbocycles. The lowest BCUT2D eigenvalue weighted by molar-refractivity contribution is -0.123. The van der Waals surface area contributed by atoms with Crippen molar-refractivity contribution >= 4 is 5.91 Å². The predicted molar refractivity (Wildman–Crippen MR) is 71.1 cm³/mol. The van der Waals surface area contributed by atoms with E-state index in [0.29, 0.717) is 0 Å². The van der Waals surface area contributed by atoms with E-state index in [2.05, 4.69) is 15.6 Å². The van der Waals surface area contributed by atoms with Crippen molar-refractivity contribution in [3.63, 3.8) is 0 Å². The zero-order valence-electron chi connectivity index (χ0n) is 10.9. The molecule has 1 saturated heterocycles. The molecule has 2 rings (SSSR count). The number of hydrogen-bond acceptors (Lipinski definition) is 3. The summed E-state index contributed by atoms with van der Waals surface area (Å²) in [5, 5.41) is 6.36. The van der Waals surface area contributed by atoms with Crippen molar-refractivity contribution in [1.82, 2.24) is 15.6 Å². The normalized spacial score (nSPS) is 21.9. The Morgan fingerprint density at radius 1 is 1.50 bits per heavy atom. The Balaban J connectivity index is 1.90. The highest BCUT2D eigenvalue weighted by Crippen LogP contribution is 2.12. The molecule has 1 aliphatic rings. The van der Waals surface area contributed by atoms with Gasteiger partial charge in [-0.1, -0.05) is 18.9 Å². The van der Waals surface area contributed by atoms with E-state index in [0.717, 1.165) is 24.9 Å². The monoisotopic (exact) mass is 247 g/mol. The molecule has 2 heterocycles. The molecule has 0 radical (unpaired) electrons. The van der Waals surface area contributed by atoms with Crippen molar-refractivity contribution in [2.75, 3.05) is 6.54 Å². The molecule has 4 heteroatoms. The van der Waals surface area contributed by atoms with Gasteiger partial charge in [-0.15, -0.1) is 0 Å². The molecule has 2 N–H and O–H groups in total. The van der Waals surface area contributed by atoms with Crippen LogP contribution < -0.4 is 10.6 Å². The van der Waals surface area contributed by atoms with Crippen molar-refractivity contribution in [3.8, 4) is 0 Å². The van der Waals surface area contributed by atoms with Crippen molar-refractivity contribution in [3.05, 3.63) is 30.1 Å². The second-order valence-electron chi connectivity index (χ2n) is 4.87. The summed E-state index contributed by atoms with van der Waals surface area (Å²) in [7, 11) is 0. The summed E-state index contributed by atoms with van der Waals surface area (Å²) in [6, 6.07) is 3.85. The summed E-state index contributed by atoms with van der Waals surface area (Å²) in [6.45, 7) is 2.94. The van der Waals surface area contributed by atoms with Gasteiger partial charge in [-0.3, -0.25) is 9.78 Å². The quantitative estimate of drug-likeness (QED) is 0.856. The number of pyridine rings is 1. The second kappa shape index (κ2) is 6.50. The first-order valence-corrected chi connectivity index (χ1v) is 6.71. The van der Waals surface area contributed by atoms with E-state index in [1.165, 1.54) is 12.8 Å². The van der Waals surface area contributed by atoms with Gasteiger partial charge >= 0.3 is 0 Å². The van der Waals surface area contributed by atoms with E-state index in [-0.39, 0.29) is 18.0 Å². The maximum absolute atomic E-state index is 12.1. The summed E-state index contributed by atoms with van der Waals surface area (Å²) >= 11 is 0. The van der Waals surface area contributed by atoms with E-state index in [1.807, 2.05) is 19.1 Å². The van der Waals surface area contributed by atoms with Crippen LogP contribution in [0.4, 0.5) is 0 Å². The Labute approximate surface area is 108 Å². The van der Waals surface area contributed by atoms with Crippen LogP contribution >= 0.6 is 0 Å². The average Bonchev–Trinajstić information content (AvgIpc) is 2.68. The van der Waals surface area contributed by atoms with E-state index in [1.54, 1.807) is 12.4 Å². The minimum atomic E-state index is -0.0355. The topological polar surface area (TPSA) is 54.0 Å². The van der Waals surface area contributed by atoms with Gasteiger partial charge in [0.05, 0.1) is 12.1 Å². The highest BCUT2D eigenvalue weighted by molar-refractivity contribution is 5.82. The molecule has 1 aromatic heterocycles. The zero-order chi connectivity index (χ0) is 12.8. The first-order chi connectivity index (χ1) is 8.77. The van der Waals surface area contributed by atoms with Gasteiger partial charge in [0.2, 0.25) is 5.91 Å². The number of carbonyl (C=O) groups is 1. The molecule has 1 fully saturated rings. The third-order valence-corrected chi connectivity index (χ3v) is 3.42. The first-order valence-electron chi connectivity index (χ1n) is 6.71. The molecule has 2 unspecified atom stereocenters. The van der Waals surface area contributed by atoms with Crippen molar-refractivity contribution in [1.29, 1.82) is 0 Å². The molecule has 0 spiro atoms. The Hall–Kier alpha value is -1.42. The molecule has 4 nitrogen and oxygen atoms in total. The lowest BCUT2D eigenvalue weighted by Gasteiger charge is -2.19. The molecule has 2 atom stereocenters. The summed E-state index contributed by atoms with van der Waals surface area (Å²) in [5.74, 6) is 0.105. The van der Waals surface area contributed by atoms with Gasteiger partial charge < -0.3 is 10.6 Å². The van der Waals surface area contributed by atoms with E-state index < -0.39 is 0 Å². The van der Waals surface area contributed by atoms with Crippen LogP contribution in [-0.4, -0.2) is 23.5 Å². The number of amides is 1. The predicted octanol–water partition coefficient (Wildman–Crippen LogP) is 1.79. The fourth-order valence-electron chi connectivity index (χ4n) is 2.28. The largest absolute Gasteiger partial charge is 0.348 e. The Kier molecular flexibility index (Phi) is 4.70. The minimum Gasteiger partial charge on any atom is -0.348 e. The van der Waals surface area contributed by atoms with Crippen LogP contribution in [-0.2, 0) is 4.79 Å². The standard InChI is InChI=1S/C14H21N3O/c1-11(12-6-5-8-15-10-12)17-14(18)13-7-3-2-4-9-16-13/h5-6,8,10-11,13,16H,2-4,7,9H2,1H3,(H,17,18). The van der Waals surface area contributed by atoms with Gasteiger partial charge in [0.25, 0.3) is 0 Å². The number of hydrogen-bond donors (Lipinski definition) is 2. The highest BCUT2D eigenvalue weighted by atomic mass is 16.2. The van der Waals surface area contributed by atoms with Crippen LogP contribution in [0.5, 0.6) is 0 Å². The van der Waals surface area contributed by atoms with Crippen molar-refractivity contribution in [2.45, 2.75) is 44.7 Å². The number of nitrogens with one attached hydrogen (secondary N) is 2. The first kappa shape index (κ1) is 13.0. The SMILES string of the molecule is CC(NC(=O)C1CCCCCN1)c1cccnc1. The Morgan fingerprint density at radius 2 is 2.39 bits per heavy atom. The summed E-state index contributed by atoms with van der Waals surface area (Å²) in [5.41, 5.74) is 1.04. The smallest absolute Gasteiger partial charge is 0.237 e. The zero-order valence-corrected chi connectivity index (χ0v) is 10.9. The van der Waals surface area contributed by atoms with Gasteiger partial charge in [-0.25, -0.2) is 0 Å². The molecule has 0 bridgehead atoms. The summed E-state index contributed by atoms with van der Waals surface area (Å²) in [6.07, 6.45) is 7.99. The molecule has 0 aromatic carbocycles. The molecule has 1 amide bonds. The Morgan fingerprint density at radius 3 is 3.17 bits per heavy atom. The highest BCUT2D eigenvalue weighted by Gasteiger charge is 2.21. The van der Waals surface area contributed by atoms with Crippen LogP contribution in [0.15, 0.2) is 24.5 Å². The lowest BCUT2D eigenvalue weighted by Crippen LogP contribution is -2.44. The summed E-state index contributed by atoms with van der Waals surface area (Å²) < 4.78 is 0. The van der Waals surface area contributed by atoms with E-state index in [9.17, 15) is 4.79 Å². The maximum Gasteiger partial charge on any atom is 0.237 e. The number of nitrogens with zero attached hydrogens (tertiary/aromatic N) is 1. The number of rotatable bonds is 3. The van der Waals surface area contributed by atoms with Crippen LogP contribution in [0.2, 0.25) is 0 Å². The van der Waals surface area contributed by atoms with Gasteiger partial charge in [0, 0.05) is 12.4 Å². The third-order valence-electron chi connectivity index (χ3n) is 3.42. The van der Waals surface area contributed by atoms with Gasteiger partial charge in [0.15, 0.2) is 0 Å². The lowest BCUT2D eigenvalue weighted by atomic mass is 10.1. The van der Waals surface area contributed by atoms with Gasteiger partial charge in [-0.2, -0.15) is 0 Å². The summed E-state index contributed by atoms with van der Waals surface area (Å²) in [4.78, 5) is 16.2. The number of aromatic nitrogens is 1. The van der Waals surface area contributed by atoms with Crippen molar-refractivity contribution in [2.24, 2.45) is 0 Å². The van der Waals surface area contributed by atoms with E-state index in [4.69, 9.17) is 0 Å². The number of carbonyl (C=O) groups excluding carboxylic acids is 1. The van der Waals surface area contributed by atoms with Crippen LogP contribution in [0.3, 0.4) is 0 Å². The molecular formula is C14H21N3O. The van der Waals surface area contributed by atoms with Crippen LogP contribution in [0.25, 0.3) is 0 Å². The molecule has 98 valence electrons. The van der Waals surface area contributed by atoms with Crippen LogP contribution in [0, 0.1) is 0 Å². The second-order valence-corrected chi connectivity index (χ2v) is 4.87. The molecule has 1 aliphatic heterocycles. The fourth-order valence-corrected chi connectivity index (χ4v) is 2.28. The molecular weight excluding hydrogens is 226 g/mol. The molecule has 1 aromatic rings. The van der Waals surface area contributed by atoms with Crippen LogP contribution in [0.1, 0.15) is 44.2 Å².